The number of hydrogen-bond donors (Lipinski definition) is 3. The molecule has 1 aliphatic rings. The molecule has 1 amide bonds. The molecule has 2 aromatic carbocycles. The van der Waals surface area contributed by atoms with E-state index in [0.29, 0.717) is 16.3 Å². The second-order valence-corrected chi connectivity index (χ2v) is 10.5. The van der Waals surface area contributed by atoms with Crippen molar-refractivity contribution in [1.82, 2.24) is 10.6 Å². The van der Waals surface area contributed by atoms with E-state index >= 15 is 0 Å². The van der Waals surface area contributed by atoms with E-state index in [1.165, 1.54) is 0 Å². The first-order chi connectivity index (χ1) is 15.4. The molecule has 0 spiro atoms. The van der Waals surface area contributed by atoms with Crippen molar-refractivity contribution in [1.29, 1.82) is 0 Å². The molecule has 32 heavy (non-hydrogen) atoms. The molecular formula is C22H23ClN4O3S2. The molecular weight excluding hydrogens is 468 g/mol. The van der Waals surface area contributed by atoms with E-state index in [-0.39, 0.29) is 16.7 Å². The van der Waals surface area contributed by atoms with Crippen LogP contribution in [0, 0.1) is 0 Å². The van der Waals surface area contributed by atoms with Gasteiger partial charge in [-0.05, 0) is 41.3 Å². The van der Waals surface area contributed by atoms with Crippen molar-refractivity contribution in [3.63, 3.8) is 0 Å². The Labute approximate surface area is 196 Å². The maximum absolute atomic E-state index is 12.9. The third-order valence-electron chi connectivity index (χ3n) is 5.12. The van der Waals surface area contributed by atoms with Crippen molar-refractivity contribution < 1.29 is 13.2 Å². The fraction of sp³-hybridized carbons (Fsp3) is 0.227. The SMILES string of the molecule is O=C(NCc1ccccc1Cl)c1ccc(N2CCNCC2)c(NS(=O)(=O)c2cccs2)c1. The Bertz CT molecular complexity index is 1190. The Kier molecular flexibility index (Phi) is 7.00. The van der Waals surface area contributed by atoms with Crippen LogP contribution in [0.4, 0.5) is 11.4 Å². The molecule has 1 aromatic heterocycles. The molecule has 1 aliphatic heterocycles. The van der Waals surface area contributed by atoms with E-state index in [0.717, 1.165) is 48.8 Å². The minimum absolute atomic E-state index is 0.220. The summed E-state index contributed by atoms with van der Waals surface area (Å²) in [6.07, 6.45) is 0. The molecule has 7 nitrogen and oxygen atoms in total. The summed E-state index contributed by atoms with van der Waals surface area (Å²) in [4.78, 5) is 14.9. The maximum atomic E-state index is 12.9. The molecule has 1 saturated heterocycles. The Morgan fingerprint density at radius 1 is 1.09 bits per heavy atom. The van der Waals surface area contributed by atoms with Gasteiger partial charge >= 0.3 is 0 Å². The van der Waals surface area contributed by atoms with Gasteiger partial charge in [0.25, 0.3) is 15.9 Å². The van der Waals surface area contributed by atoms with E-state index in [2.05, 4.69) is 20.3 Å². The number of anilines is 2. The minimum Gasteiger partial charge on any atom is -0.367 e. The molecule has 1 fully saturated rings. The normalized spacial score (nSPS) is 14.2. The quantitative estimate of drug-likeness (QED) is 0.471. The summed E-state index contributed by atoms with van der Waals surface area (Å²) in [7, 11) is -3.76. The van der Waals surface area contributed by atoms with Crippen LogP contribution in [0.3, 0.4) is 0 Å². The van der Waals surface area contributed by atoms with Crippen molar-refractivity contribution in [3.05, 3.63) is 76.1 Å². The van der Waals surface area contributed by atoms with Gasteiger partial charge in [0.15, 0.2) is 0 Å². The highest BCUT2D eigenvalue weighted by atomic mass is 35.5. The van der Waals surface area contributed by atoms with E-state index in [4.69, 9.17) is 11.6 Å². The molecule has 0 aliphatic carbocycles. The number of sulfonamides is 1. The number of halogens is 1. The van der Waals surface area contributed by atoms with Gasteiger partial charge in [0.1, 0.15) is 4.21 Å². The Morgan fingerprint density at radius 2 is 1.88 bits per heavy atom. The first-order valence-corrected chi connectivity index (χ1v) is 12.9. The predicted molar refractivity (Wildman–Crippen MR) is 129 cm³/mol. The highest BCUT2D eigenvalue weighted by molar-refractivity contribution is 7.94. The first-order valence-electron chi connectivity index (χ1n) is 10.1. The second-order valence-electron chi connectivity index (χ2n) is 7.28. The second kappa shape index (κ2) is 9.91. The molecule has 0 atom stereocenters. The molecule has 0 radical (unpaired) electrons. The van der Waals surface area contributed by atoms with E-state index in [9.17, 15) is 13.2 Å². The van der Waals surface area contributed by atoms with Gasteiger partial charge in [0, 0.05) is 43.3 Å². The summed E-state index contributed by atoms with van der Waals surface area (Å²) in [5.41, 5.74) is 2.29. The summed E-state index contributed by atoms with van der Waals surface area (Å²) < 4.78 is 28.7. The minimum atomic E-state index is -3.76. The topological polar surface area (TPSA) is 90.5 Å². The number of nitrogens with one attached hydrogen (secondary N) is 3. The zero-order valence-electron chi connectivity index (χ0n) is 17.2. The van der Waals surface area contributed by atoms with Crippen LogP contribution in [0.5, 0.6) is 0 Å². The Morgan fingerprint density at radius 3 is 2.59 bits per heavy atom. The molecule has 168 valence electrons. The molecule has 0 bridgehead atoms. The summed E-state index contributed by atoms with van der Waals surface area (Å²) in [6.45, 7) is 3.36. The van der Waals surface area contributed by atoms with Crippen LogP contribution in [-0.2, 0) is 16.6 Å². The van der Waals surface area contributed by atoms with Crippen LogP contribution in [0.15, 0.2) is 64.2 Å². The van der Waals surface area contributed by atoms with Crippen molar-refractivity contribution in [2.24, 2.45) is 0 Å². The fourth-order valence-corrected chi connectivity index (χ4v) is 5.73. The van der Waals surface area contributed by atoms with Gasteiger partial charge in [0.2, 0.25) is 0 Å². The lowest BCUT2D eigenvalue weighted by Crippen LogP contribution is -2.43. The van der Waals surface area contributed by atoms with E-state index in [1.54, 1.807) is 41.8 Å². The summed E-state index contributed by atoms with van der Waals surface area (Å²) in [5.74, 6) is -0.312. The van der Waals surface area contributed by atoms with E-state index < -0.39 is 10.0 Å². The largest absolute Gasteiger partial charge is 0.367 e. The number of nitrogens with zero attached hydrogens (tertiary/aromatic N) is 1. The van der Waals surface area contributed by atoms with Crippen molar-refractivity contribution in [3.8, 4) is 0 Å². The lowest BCUT2D eigenvalue weighted by atomic mass is 10.1. The van der Waals surface area contributed by atoms with Gasteiger partial charge in [-0.3, -0.25) is 9.52 Å². The molecule has 0 saturated carbocycles. The maximum Gasteiger partial charge on any atom is 0.271 e. The molecule has 4 rings (SSSR count). The number of thiophene rings is 1. The van der Waals surface area contributed by atoms with Crippen LogP contribution in [0.2, 0.25) is 5.02 Å². The number of piperazine rings is 1. The van der Waals surface area contributed by atoms with Gasteiger partial charge in [0.05, 0.1) is 11.4 Å². The van der Waals surface area contributed by atoms with Gasteiger partial charge < -0.3 is 15.5 Å². The Hall–Kier alpha value is -2.59. The monoisotopic (exact) mass is 490 g/mol. The zero-order valence-corrected chi connectivity index (χ0v) is 19.6. The molecule has 3 aromatic rings. The highest BCUT2D eigenvalue weighted by Gasteiger charge is 2.22. The predicted octanol–water partition coefficient (Wildman–Crippen LogP) is 3.54. The van der Waals surface area contributed by atoms with E-state index in [1.807, 2.05) is 18.2 Å². The molecule has 3 N–H and O–H groups in total. The summed E-state index contributed by atoms with van der Waals surface area (Å²) >= 11 is 7.31. The van der Waals surface area contributed by atoms with Crippen LogP contribution >= 0.6 is 22.9 Å². The third-order valence-corrected chi connectivity index (χ3v) is 8.25. The summed E-state index contributed by atoms with van der Waals surface area (Å²) in [5, 5.41) is 8.43. The number of carbonyl (C=O) groups is 1. The average molecular weight is 491 g/mol. The average Bonchev–Trinajstić information content (AvgIpc) is 3.35. The third kappa shape index (κ3) is 5.24. The van der Waals surface area contributed by atoms with Crippen LogP contribution in [0.1, 0.15) is 15.9 Å². The lowest BCUT2D eigenvalue weighted by molar-refractivity contribution is 0.0951. The lowest BCUT2D eigenvalue weighted by Gasteiger charge is -2.31. The van der Waals surface area contributed by atoms with Crippen LogP contribution in [-0.4, -0.2) is 40.5 Å². The van der Waals surface area contributed by atoms with Crippen molar-refractivity contribution in [2.75, 3.05) is 35.8 Å². The smallest absolute Gasteiger partial charge is 0.271 e. The Balaban J connectivity index is 1.60. The fourth-order valence-electron chi connectivity index (χ4n) is 3.47. The summed E-state index contributed by atoms with van der Waals surface area (Å²) in [6, 6.07) is 15.6. The van der Waals surface area contributed by atoms with Gasteiger partial charge in [-0.25, -0.2) is 8.42 Å². The molecule has 0 unspecified atom stereocenters. The van der Waals surface area contributed by atoms with Gasteiger partial charge in [-0.1, -0.05) is 35.9 Å². The number of benzene rings is 2. The molecule has 2 heterocycles. The zero-order chi connectivity index (χ0) is 22.6. The van der Waals surface area contributed by atoms with Crippen LogP contribution in [0.25, 0.3) is 0 Å². The standard InChI is InChI=1S/C22H23ClN4O3S2/c23-18-5-2-1-4-17(18)15-25-22(28)16-7-8-20(27-11-9-24-10-12-27)19(14-16)26-32(29,30)21-6-3-13-31-21/h1-8,13-14,24,26H,9-12,15H2,(H,25,28). The number of hydrogen-bond acceptors (Lipinski definition) is 6. The highest BCUT2D eigenvalue weighted by Crippen LogP contribution is 2.31. The van der Waals surface area contributed by atoms with Crippen LogP contribution < -0.4 is 20.3 Å². The van der Waals surface area contributed by atoms with Crippen molar-refractivity contribution in [2.45, 2.75) is 10.8 Å². The van der Waals surface area contributed by atoms with Crippen molar-refractivity contribution >= 4 is 50.2 Å². The van der Waals surface area contributed by atoms with Gasteiger partial charge in [-0.2, -0.15) is 0 Å². The number of rotatable bonds is 7. The number of amides is 1. The van der Waals surface area contributed by atoms with Gasteiger partial charge in [-0.15, -0.1) is 11.3 Å². The number of carbonyl (C=O) groups excluding carboxylic acids is 1. The molecule has 10 heteroatoms. The first kappa shape index (κ1) is 22.6.